The van der Waals surface area contributed by atoms with Crippen LogP contribution in [0.2, 0.25) is 0 Å². The molecular formula is C9H4N4. The summed E-state index contributed by atoms with van der Waals surface area (Å²) in [6.07, 6.45) is 3.40. The second kappa shape index (κ2) is 2.62. The predicted octanol–water partition coefficient (Wildman–Crippen LogP) is 1.24. The Morgan fingerprint density at radius 1 is 1.31 bits per heavy atom. The molecule has 1 aromatic carbocycles. The van der Waals surface area contributed by atoms with Crippen LogP contribution in [0.15, 0.2) is 24.5 Å². The monoisotopic (exact) mass is 168 g/mol. The number of aromatic nitrogens is 2. The van der Waals surface area contributed by atoms with Gasteiger partial charge >= 0.3 is 0 Å². The minimum absolute atomic E-state index is 0.552. The van der Waals surface area contributed by atoms with E-state index in [0.717, 1.165) is 5.52 Å². The van der Waals surface area contributed by atoms with Crippen molar-refractivity contribution in [3.63, 3.8) is 0 Å². The lowest BCUT2D eigenvalue weighted by atomic mass is 10.2. The van der Waals surface area contributed by atoms with Crippen LogP contribution in [-0.2, 0) is 0 Å². The van der Waals surface area contributed by atoms with Gasteiger partial charge < -0.3 is 0 Å². The zero-order valence-electron chi connectivity index (χ0n) is 6.60. The van der Waals surface area contributed by atoms with Gasteiger partial charge in [-0.2, -0.15) is 10.5 Å². The van der Waals surface area contributed by atoms with Crippen LogP contribution in [-0.4, -0.2) is 9.55 Å². The number of nitrogens with zero attached hydrogens (tertiary/aromatic N) is 4. The molecule has 2 aromatic rings. The van der Waals surface area contributed by atoms with E-state index < -0.39 is 0 Å². The molecule has 1 aromatic heterocycles. The second-order valence-electron chi connectivity index (χ2n) is 2.53. The molecule has 0 atom stereocenters. The van der Waals surface area contributed by atoms with Gasteiger partial charge in [0.2, 0.25) is 0 Å². The van der Waals surface area contributed by atoms with Gasteiger partial charge in [0, 0.05) is 0 Å². The molecule has 1 heterocycles. The highest BCUT2D eigenvalue weighted by Gasteiger charge is 2.01. The third-order valence-electron chi connectivity index (χ3n) is 1.78. The Morgan fingerprint density at radius 3 is 2.85 bits per heavy atom. The predicted molar refractivity (Wildman–Crippen MR) is 45.5 cm³/mol. The fourth-order valence-corrected chi connectivity index (χ4v) is 1.16. The first-order valence-corrected chi connectivity index (χ1v) is 3.62. The quantitative estimate of drug-likeness (QED) is 0.594. The van der Waals surface area contributed by atoms with Gasteiger partial charge in [-0.1, -0.05) is 0 Å². The van der Waals surface area contributed by atoms with Gasteiger partial charge in [0.05, 0.1) is 22.7 Å². The van der Waals surface area contributed by atoms with Gasteiger partial charge in [-0.3, -0.25) is 0 Å². The van der Waals surface area contributed by atoms with Crippen molar-refractivity contribution in [2.24, 2.45) is 0 Å². The van der Waals surface area contributed by atoms with Crippen molar-refractivity contribution in [3.8, 4) is 12.3 Å². The zero-order valence-corrected chi connectivity index (χ0v) is 6.60. The van der Waals surface area contributed by atoms with Crippen LogP contribution in [0.25, 0.3) is 11.0 Å². The standard InChI is InChI=1S/C9H4N4/c10-4-7-1-2-9-8(3-7)12-6-13(9)5-11/h1-3,6H. The largest absolute Gasteiger partial charge is 0.236 e. The molecule has 0 saturated heterocycles. The van der Waals surface area contributed by atoms with Crippen molar-refractivity contribution in [1.29, 1.82) is 10.5 Å². The highest BCUT2D eigenvalue weighted by Crippen LogP contribution is 2.13. The van der Waals surface area contributed by atoms with Crippen molar-refractivity contribution in [2.75, 3.05) is 0 Å². The van der Waals surface area contributed by atoms with Crippen LogP contribution in [0.1, 0.15) is 5.56 Å². The van der Waals surface area contributed by atoms with E-state index in [-0.39, 0.29) is 0 Å². The molecule has 0 bridgehead atoms. The summed E-state index contributed by atoms with van der Waals surface area (Å²) in [5.74, 6) is 0. The van der Waals surface area contributed by atoms with E-state index in [1.165, 1.54) is 10.9 Å². The topological polar surface area (TPSA) is 65.4 Å². The molecule has 0 fully saturated rings. The van der Waals surface area contributed by atoms with Crippen LogP contribution in [0.3, 0.4) is 0 Å². The van der Waals surface area contributed by atoms with E-state index >= 15 is 0 Å². The van der Waals surface area contributed by atoms with Gasteiger partial charge in [-0.05, 0) is 18.2 Å². The van der Waals surface area contributed by atoms with Crippen molar-refractivity contribution in [2.45, 2.75) is 0 Å². The molecule has 0 spiro atoms. The summed E-state index contributed by atoms with van der Waals surface area (Å²) in [5, 5.41) is 17.3. The highest BCUT2D eigenvalue weighted by molar-refractivity contribution is 5.77. The maximum atomic E-state index is 8.66. The number of imidazole rings is 1. The van der Waals surface area contributed by atoms with Gasteiger partial charge in [-0.15, -0.1) is 0 Å². The first-order valence-electron chi connectivity index (χ1n) is 3.62. The summed E-state index contributed by atoms with van der Waals surface area (Å²) in [4.78, 5) is 3.99. The molecule has 2 rings (SSSR count). The Bertz CT molecular complexity index is 539. The first-order chi connectivity index (χ1) is 6.35. The molecule has 4 heteroatoms. The Kier molecular flexibility index (Phi) is 1.47. The summed E-state index contributed by atoms with van der Waals surface area (Å²) < 4.78 is 1.36. The van der Waals surface area contributed by atoms with Crippen molar-refractivity contribution in [3.05, 3.63) is 30.1 Å². The summed E-state index contributed by atoms with van der Waals surface area (Å²) >= 11 is 0. The van der Waals surface area contributed by atoms with Crippen molar-refractivity contribution < 1.29 is 0 Å². The number of hydrogen-bond acceptors (Lipinski definition) is 3. The van der Waals surface area contributed by atoms with E-state index in [9.17, 15) is 0 Å². The molecule has 0 aliphatic heterocycles. The number of benzene rings is 1. The molecule has 0 aliphatic carbocycles. The number of nitriles is 2. The fourth-order valence-electron chi connectivity index (χ4n) is 1.16. The maximum Gasteiger partial charge on any atom is 0.190 e. The molecule has 13 heavy (non-hydrogen) atoms. The van der Waals surface area contributed by atoms with Crippen LogP contribution in [0.4, 0.5) is 0 Å². The smallest absolute Gasteiger partial charge is 0.190 e. The normalized spacial score (nSPS) is 9.38. The Hall–Kier alpha value is -2.33. The Labute approximate surface area is 74.3 Å². The second-order valence-corrected chi connectivity index (χ2v) is 2.53. The van der Waals surface area contributed by atoms with E-state index in [2.05, 4.69) is 4.98 Å². The van der Waals surface area contributed by atoms with Gasteiger partial charge in [0.25, 0.3) is 0 Å². The maximum absolute atomic E-state index is 8.66. The lowest BCUT2D eigenvalue weighted by Crippen LogP contribution is -1.83. The van der Waals surface area contributed by atoms with Gasteiger partial charge in [0.1, 0.15) is 6.33 Å². The average molecular weight is 168 g/mol. The zero-order chi connectivity index (χ0) is 9.26. The minimum atomic E-state index is 0.552. The van der Waals surface area contributed by atoms with Crippen LogP contribution < -0.4 is 0 Å². The molecule has 0 amide bonds. The molecule has 0 N–H and O–H groups in total. The van der Waals surface area contributed by atoms with Gasteiger partial charge in [-0.25, -0.2) is 9.55 Å². The highest BCUT2D eigenvalue weighted by atomic mass is 15.0. The van der Waals surface area contributed by atoms with Crippen molar-refractivity contribution >= 4 is 11.0 Å². The average Bonchev–Trinajstić information content (AvgIpc) is 2.59. The lowest BCUT2D eigenvalue weighted by molar-refractivity contribution is 1.11. The van der Waals surface area contributed by atoms with E-state index in [4.69, 9.17) is 10.5 Å². The van der Waals surface area contributed by atoms with E-state index in [0.29, 0.717) is 11.1 Å². The van der Waals surface area contributed by atoms with Gasteiger partial charge in [0.15, 0.2) is 6.19 Å². The SMILES string of the molecule is N#Cc1ccc2c(c1)ncn2C#N. The summed E-state index contributed by atoms with van der Waals surface area (Å²) in [6.45, 7) is 0. The molecule has 0 aliphatic rings. The first kappa shape index (κ1) is 7.33. The van der Waals surface area contributed by atoms with Crippen LogP contribution in [0.5, 0.6) is 0 Å². The third kappa shape index (κ3) is 1.02. The van der Waals surface area contributed by atoms with E-state index in [1.54, 1.807) is 18.2 Å². The van der Waals surface area contributed by atoms with E-state index in [1.807, 2.05) is 12.3 Å². The molecular weight excluding hydrogens is 164 g/mol. The third-order valence-corrected chi connectivity index (χ3v) is 1.78. The number of hydrogen-bond donors (Lipinski definition) is 0. The molecule has 4 nitrogen and oxygen atoms in total. The minimum Gasteiger partial charge on any atom is -0.236 e. The van der Waals surface area contributed by atoms with Crippen molar-refractivity contribution in [1.82, 2.24) is 9.55 Å². The summed E-state index contributed by atoms with van der Waals surface area (Å²) in [7, 11) is 0. The lowest BCUT2D eigenvalue weighted by Gasteiger charge is -1.90. The Morgan fingerprint density at radius 2 is 2.15 bits per heavy atom. The summed E-state index contributed by atoms with van der Waals surface area (Å²) in [6, 6.07) is 7.05. The van der Waals surface area contributed by atoms with Crippen LogP contribution >= 0.6 is 0 Å². The molecule has 0 unspecified atom stereocenters. The fraction of sp³-hybridized carbons (Fsp3) is 0. The Balaban J connectivity index is 2.79. The molecule has 0 radical (unpaired) electrons. The number of rotatable bonds is 0. The molecule has 60 valence electrons. The van der Waals surface area contributed by atoms with Crippen LogP contribution in [0, 0.1) is 22.8 Å². The number of fused-ring (bicyclic) bond motifs is 1. The molecule has 0 saturated carbocycles. The summed E-state index contributed by atoms with van der Waals surface area (Å²) in [5.41, 5.74) is 1.94.